The summed E-state index contributed by atoms with van der Waals surface area (Å²) < 4.78 is 16.4. The highest BCUT2D eigenvalue weighted by Gasteiger charge is 2.20. The summed E-state index contributed by atoms with van der Waals surface area (Å²) in [6.07, 6.45) is 1.09. The van der Waals surface area contributed by atoms with Crippen LogP contribution in [0.15, 0.2) is 53.1 Å². The van der Waals surface area contributed by atoms with Gasteiger partial charge in [0.2, 0.25) is 0 Å². The number of hydrogen-bond donors (Lipinski definition) is 0. The number of aryl methyl sites for hydroxylation is 1. The van der Waals surface area contributed by atoms with Crippen LogP contribution in [-0.2, 0) is 17.8 Å². The lowest BCUT2D eigenvalue weighted by atomic mass is 10.1. The number of aromatic nitrogens is 1. The topological polar surface area (TPSA) is 61.6 Å². The minimum Gasteiger partial charge on any atom is -0.490 e. The maximum atomic E-state index is 12.1. The Morgan fingerprint density at radius 1 is 1.19 bits per heavy atom. The first-order valence-corrected chi connectivity index (χ1v) is 8.58. The van der Waals surface area contributed by atoms with Crippen LogP contribution in [0.3, 0.4) is 0 Å². The minimum absolute atomic E-state index is 0.0707. The second kappa shape index (κ2) is 6.67. The van der Waals surface area contributed by atoms with E-state index in [-0.39, 0.29) is 18.7 Å². The first-order valence-electron chi connectivity index (χ1n) is 8.58. The molecule has 2 heterocycles. The van der Waals surface area contributed by atoms with Crippen LogP contribution in [0.25, 0.3) is 11.3 Å². The average Bonchev–Trinajstić information content (AvgIpc) is 3.25. The van der Waals surface area contributed by atoms with Crippen molar-refractivity contribution in [2.24, 2.45) is 0 Å². The number of fused-ring (bicyclic) bond motifs is 1. The third-order valence-corrected chi connectivity index (χ3v) is 4.38. The molecule has 5 heteroatoms. The van der Waals surface area contributed by atoms with E-state index in [0.29, 0.717) is 17.0 Å². The highest BCUT2D eigenvalue weighted by atomic mass is 16.5. The molecule has 1 aliphatic rings. The Bertz CT molecular complexity index is 943. The van der Waals surface area contributed by atoms with Crippen LogP contribution in [0.2, 0.25) is 0 Å². The zero-order valence-electron chi connectivity index (χ0n) is 14.7. The van der Waals surface area contributed by atoms with Gasteiger partial charge >= 0.3 is 5.97 Å². The molecule has 0 bridgehead atoms. The molecule has 0 amide bonds. The fourth-order valence-corrected chi connectivity index (χ4v) is 3.00. The van der Waals surface area contributed by atoms with Crippen LogP contribution >= 0.6 is 0 Å². The van der Waals surface area contributed by atoms with Crippen molar-refractivity contribution >= 4 is 5.97 Å². The highest BCUT2D eigenvalue weighted by molar-refractivity contribution is 5.89. The van der Waals surface area contributed by atoms with Crippen LogP contribution in [0.4, 0.5) is 0 Å². The zero-order valence-corrected chi connectivity index (χ0v) is 14.7. The number of carbonyl (C=O) groups excluding carboxylic acids is 1. The van der Waals surface area contributed by atoms with Gasteiger partial charge in [-0.1, -0.05) is 22.9 Å². The van der Waals surface area contributed by atoms with Crippen molar-refractivity contribution in [3.63, 3.8) is 0 Å². The molecule has 5 nitrogen and oxygen atoms in total. The molecule has 1 atom stereocenters. The Morgan fingerprint density at radius 2 is 2.00 bits per heavy atom. The van der Waals surface area contributed by atoms with Gasteiger partial charge in [-0.15, -0.1) is 0 Å². The Balaban J connectivity index is 1.43. The van der Waals surface area contributed by atoms with Gasteiger partial charge in [-0.3, -0.25) is 0 Å². The number of nitrogens with zero attached hydrogens (tertiary/aromatic N) is 1. The lowest BCUT2D eigenvalue weighted by Gasteiger charge is -2.02. The molecular weight excluding hydrogens is 330 g/mol. The standard InChI is InChI=1S/C21H19NO4/c1-13-3-5-15(6-4-13)21(23)24-12-18-11-20(26-22-18)16-7-8-19-17(10-16)9-14(2)25-19/h3-8,10-11,14H,9,12H2,1-2H3. The van der Waals surface area contributed by atoms with Gasteiger partial charge in [-0.25, -0.2) is 4.79 Å². The van der Waals surface area contributed by atoms with E-state index >= 15 is 0 Å². The lowest BCUT2D eigenvalue weighted by Crippen LogP contribution is -2.05. The number of rotatable bonds is 4. The predicted molar refractivity (Wildman–Crippen MR) is 96.0 cm³/mol. The second-order valence-corrected chi connectivity index (χ2v) is 6.58. The van der Waals surface area contributed by atoms with Crippen LogP contribution in [0.5, 0.6) is 5.75 Å². The van der Waals surface area contributed by atoms with Gasteiger partial charge < -0.3 is 14.0 Å². The number of benzene rings is 2. The Hall–Kier alpha value is -3.08. The van der Waals surface area contributed by atoms with Crippen LogP contribution in [0.1, 0.15) is 34.1 Å². The molecule has 0 saturated carbocycles. The molecule has 4 rings (SSSR count). The summed E-state index contributed by atoms with van der Waals surface area (Å²) in [6.45, 7) is 4.09. The number of ether oxygens (including phenoxy) is 2. The molecule has 0 spiro atoms. The van der Waals surface area contributed by atoms with Gasteiger partial charge in [0.05, 0.1) is 5.56 Å². The first-order chi connectivity index (χ1) is 12.6. The van der Waals surface area contributed by atoms with Gasteiger partial charge in [-0.05, 0) is 49.7 Å². The summed E-state index contributed by atoms with van der Waals surface area (Å²) in [5.41, 5.74) is 4.29. The van der Waals surface area contributed by atoms with Crippen molar-refractivity contribution in [3.05, 3.63) is 70.9 Å². The van der Waals surface area contributed by atoms with Crippen molar-refractivity contribution in [1.29, 1.82) is 0 Å². The quantitative estimate of drug-likeness (QED) is 0.656. The molecule has 132 valence electrons. The normalized spacial score (nSPS) is 15.4. The molecule has 1 unspecified atom stereocenters. The lowest BCUT2D eigenvalue weighted by molar-refractivity contribution is 0.0464. The molecule has 1 aliphatic heterocycles. The largest absolute Gasteiger partial charge is 0.490 e. The molecule has 0 radical (unpaired) electrons. The number of esters is 1. The van der Waals surface area contributed by atoms with Crippen LogP contribution in [-0.4, -0.2) is 17.2 Å². The van der Waals surface area contributed by atoms with Crippen molar-refractivity contribution < 1.29 is 18.8 Å². The summed E-state index contributed by atoms with van der Waals surface area (Å²) >= 11 is 0. The van der Waals surface area contributed by atoms with E-state index in [9.17, 15) is 4.79 Å². The van der Waals surface area contributed by atoms with Gasteiger partial charge in [-0.2, -0.15) is 0 Å². The molecule has 1 aromatic heterocycles. The summed E-state index contributed by atoms with van der Waals surface area (Å²) in [4.78, 5) is 12.1. The Morgan fingerprint density at radius 3 is 2.81 bits per heavy atom. The van der Waals surface area contributed by atoms with E-state index < -0.39 is 0 Å². The van der Waals surface area contributed by atoms with Crippen LogP contribution in [0, 0.1) is 6.92 Å². The summed E-state index contributed by atoms with van der Waals surface area (Å²) in [7, 11) is 0. The van der Waals surface area contributed by atoms with E-state index in [1.807, 2.05) is 31.2 Å². The molecule has 0 fully saturated rings. The van der Waals surface area contributed by atoms with Gasteiger partial charge in [0.25, 0.3) is 0 Å². The van der Waals surface area contributed by atoms with E-state index in [2.05, 4.69) is 18.1 Å². The molecular formula is C21H19NO4. The number of hydrogen-bond acceptors (Lipinski definition) is 5. The maximum absolute atomic E-state index is 12.1. The van der Waals surface area contributed by atoms with Crippen molar-refractivity contribution in [1.82, 2.24) is 5.16 Å². The molecule has 0 N–H and O–H groups in total. The molecule has 0 aliphatic carbocycles. The van der Waals surface area contributed by atoms with Crippen molar-refractivity contribution in [3.8, 4) is 17.1 Å². The van der Waals surface area contributed by atoms with Crippen molar-refractivity contribution in [2.75, 3.05) is 0 Å². The zero-order chi connectivity index (χ0) is 18.1. The smallest absolute Gasteiger partial charge is 0.338 e. The summed E-state index contributed by atoms with van der Waals surface area (Å²) in [6, 6.07) is 15.0. The van der Waals surface area contributed by atoms with Crippen molar-refractivity contribution in [2.45, 2.75) is 33.0 Å². The van der Waals surface area contributed by atoms with E-state index in [1.165, 1.54) is 5.56 Å². The molecule has 26 heavy (non-hydrogen) atoms. The Kier molecular flexibility index (Phi) is 4.21. The maximum Gasteiger partial charge on any atom is 0.338 e. The molecule has 3 aromatic rings. The predicted octanol–water partition coefficient (Wildman–Crippen LogP) is 4.33. The fourth-order valence-electron chi connectivity index (χ4n) is 3.00. The van der Waals surface area contributed by atoms with E-state index in [4.69, 9.17) is 14.0 Å². The first kappa shape index (κ1) is 16.4. The van der Waals surface area contributed by atoms with Gasteiger partial charge in [0.15, 0.2) is 5.76 Å². The highest BCUT2D eigenvalue weighted by Crippen LogP contribution is 2.33. The SMILES string of the molecule is Cc1ccc(C(=O)OCc2cc(-c3ccc4c(c3)CC(C)O4)on2)cc1. The monoisotopic (exact) mass is 349 g/mol. The third kappa shape index (κ3) is 3.33. The average molecular weight is 349 g/mol. The van der Waals surface area contributed by atoms with E-state index in [0.717, 1.165) is 23.3 Å². The summed E-state index contributed by atoms with van der Waals surface area (Å²) in [5.74, 6) is 1.19. The fraction of sp³-hybridized carbons (Fsp3) is 0.238. The summed E-state index contributed by atoms with van der Waals surface area (Å²) in [5, 5.41) is 4.00. The Labute approximate surface area is 151 Å². The second-order valence-electron chi connectivity index (χ2n) is 6.58. The molecule has 0 saturated heterocycles. The van der Waals surface area contributed by atoms with Gasteiger partial charge in [0.1, 0.15) is 24.2 Å². The minimum atomic E-state index is -0.377. The molecule has 2 aromatic carbocycles. The number of carbonyl (C=O) groups is 1. The van der Waals surface area contributed by atoms with E-state index in [1.54, 1.807) is 18.2 Å². The van der Waals surface area contributed by atoms with Gasteiger partial charge in [0, 0.05) is 18.1 Å². The third-order valence-electron chi connectivity index (χ3n) is 4.38. The van der Waals surface area contributed by atoms with Crippen LogP contribution < -0.4 is 4.74 Å².